The smallest absolute Gasteiger partial charge is 0.348 e. The highest BCUT2D eigenvalue weighted by atomic mass is 16.7. The Morgan fingerprint density at radius 1 is 1.12 bits per heavy atom. The van der Waals surface area contributed by atoms with Crippen LogP contribution in [0, 0.1) is 0 Å². The van der Waals surface area contributed by atoms with Crippen LogP contribution in [-0.4, -0.2) is 44.0 Å². The van der Waals surface area contributed by atoms with Crippen molar-refractivity contribution in [1.29, 1.82) is 0 Å². The summed E-state index contributed by atoms with van der Waals surface area (Å²) in [6.07, 6.45) is 1.34. The maximum Gasteiger partial charge on any atom is 0.348 e. The fraction of sp³-hybridized carbons (Fsp3) is 0.389. The second-order valence-corrected chi connectivity index (χ2v) is 5.74. The van der Waals surface area contributed by atoms with Crippen LogP contribution >= 0.6 is 0 Å². The van der Waals surface area contributed by atoms with Crippen LogP contribution in [0.4, 0.5) is 0 Å². The van der Waals surface area contributed by atoms with Gasteiger partial charge in [-0.1, -0.05) is 6.07 Å². The predicted molar refractivity (Wildman–Crippen MR) is 89.4 cm³/mol. The van der Waals surface area contributed by atoms with Gasteiger partial charge in [-0.05, 0) is 30.7 Å². The summed E-state index contributed by atoms with van der Waals surface area (Å²) in [6, 6.07) is 4.73. The molecule has 0 N–H and O–H groups in total. The minimum absolute atomic E-state index is 0.227. The highest BCUT2D eigenvalue weighted by Gasteiger charge is 2.38. The number of methoxy groups -OCH3 is 1. The molecule has 0 spiro atoms. The van der Waals surface area contributed by atoms with Crippen LogP contribution in [0.15, 0.2) is 23.8 Å². The monoisotopic (exact) mass is 364 g/mol. The van der Waals surface area contributed by atoms with Crippen LogP contribution in [0.25, 0.3) is 6.08 Å². The average molecular weight is 364 g/mol. The summed E-state index contributed by atoms with van der Waals surface area (Å²) in [7, 11) is 1.26. The summed E-state index contributed by atoms with van der Waals surface area (Å²) in [5.74, 6) is -2.69. The van der Waals surface area contributed by atoms with Gasteiger partial charge in [-0.15, -0.1) is 0 Å². The highest BCUT2D eigenvalue weighted by molar-refractivity contribution is 6.18. The first-order valence-electron chi connectivity index (χ1n) is 7.90. The normalized spacial score (nSPS) is 15.6. The first kappa shape index (κ1) is 19.3. The molecule has 0 aliphatic carbocycles. The van der Waals surface area contributed by atoms with Crippen LogP contribution in [0.3, 0.4) is 0 Å². The molecule has 1 aliphatic heterocycles. The molecule has 1 aliphatic rings. The van der Waals surface area contributed by atoms with Crippen molar-refractivity contribution < 1.29 is 38.1 Å². The molecule has 1 heterocycles. The maximum absolute atomic E-state index is 12.0. The van der Waals surface area contributed by atoms with Gasteiger partial charge in [-0.3, -0.25) is 0 Å². The van der Waals surface area contributed by atoms with Gasteiger partial charge in [0.25, 0.3) is 5.79 Å². The quantitative estimate of drug-likeness (QED) is 0.429. The van der Waals surface area contributed by atoms with Crippen LogP contribution in [0.5, 0.6) is 11.5 Å². The van der Waals surface area contributed by atoms with E-state index in [1.54, 1.807) is 25.1 Å². The van der Waals surface area contributed by atoms with E-state index in [9.17, 15) is 14.4 Å². The minimum Gasteiger partial charge on any atom is -0.490 e. The third-order valence-corrected chi connectivity index (χ3v) is 3.27. The number of carbonyl (C=O) groups excluding carboxylic acids is 3. The molecule has 8 nitrogen and oxygen atoms in total. The van der Waals surface area contributed by atoms with Crippen LogP contribution in [0.2, 0.25) is 0 Å². The van der Waals surface area contributed by atoms with Crippen molar-refractivity contribution in [3.63, 3.8) is 0 Å². The lowest BCUT2D eigenvalue weighted by molar-refractivity contribution is -0.222. The molecule has 2 rings (SSSR count). The van der Waals surface area contributed by atoms with E-state index in [4.69, 9.17) is 18.9 Å². The molecule has 0 unspecified atom stereocenters. The van der Waals surface area contributed by atoms with Gasteiger partial charge in [0.05, 0.1) is 13.7 Å². The van der Waals surface area contributed by atoms with Gasteiger partial charge in [0.1, 0.15) is 5.57 Å². The molecular formula is C18H20O8. The fourth-order valence-corrected chi connectivity index (χ4v) is 2.14. The number of hydrogen-bond acceptors (Lipinski definition) is 8. The Kier molecular flexibility index (Phi) is 5.86. The number of ether oxygens (including phenoxy) is 5. The third kappa shape index (κ3) is 4.75. The Morgan fingerprint density at radius 3 is 2.35 bits per heavy atom. The Morgan fingerprint density at radius 2 is 1.77 bits per heavy atom. The zero-order valence-electron chi connectivity index (χ0n) is 15.0. The lowest BCUT2D eigenvalue weighted by atomic mass is 10.1. The number of carbonyl (C=O) groups is 3. The molecule has 1 fully saturated rings. The van der Waals surface area contributed by atoms with Crippen molar-refractivity contribution in [2.45, 2.75) is 26.6 Å². The number of cyclic esters (lactones) is 2. The molecule has 0 aromatic heterocycles. The number of hydrogen-bond donors (Lipinski definition) is 0. The first-order chi connectivity index (χ1) is 12.3. The van der Waals surface area contributed by atoms with E-state index >= 15 is 0 Å². The standard InChI is InChI=1S/C18H20O8/c1-5-23-14-9-11(6-7-13(14)24-10-15(19)22-4)8-12-16(20)25-18(2,3)26-17(12)21/h6-9H,5,10H2,1-4H3. The van der Waals surface area contributed by atoms with Crippen LogP contribution in [-0.2, 0) is 28.6 Å². The fourth-order valence-electron chi connectivity index (χ4n) is 2.14. The average Bonchev–Trinajstić information content (AvgIpc) is 2.56. The predicted octanol–water partition coefficient (Wildman–Crippen LogP) is 1.86. The van der Waals surface area contributed by atoms with Gasteiger partial charge in [0.15, 0.2) is 18.1 Å². The molecule has 0 atom stereocenters. The summed E-state index contributed by atoms with van der Waals surface area (Å²) in [5.41, 5.74) is 0.275. The van der Waals surface area contributed by atoms with E-state index in [0.29, 0.717) is 23.7 Å². The van der Waals surface area contributed by atoms with Crippen molar-refractivity contribution in [2.24, 2.45) is 0 Å². The summed E-state index contributed by atoms with van der Waals surface area (Å²) < 4.78 is 25.5. The Labute approximate surface area is 150 Å². The van der Waals surface area contributed by atoms with E-state index in [1.165, 1.54) is 27.0 Å². The maximum atomic E-state index is 12.0. The molecule has 8 heteroatoms. The molecule has 0 bridgehead atoms. The molecule has 26 heavy (non-hydrogen) atoms. The zero-order valence-corrected chi connectivity index (χ0v) is 15.0. The van der Waals surface area contributed by atoms with E-state index in [0.717, 1.165) is 0 Å². The van der Waals surface area contributed by atoms with Gasteiger partial charge < -0.3 is 23.7 Å². The third-order valence-electron chi connectivity index (χ3n) is 3.27. The SMILES string of the molecule is CCOc1cc(C=C2C(=O)OC(C)(C)OC2=O)ccc1OCC(=O)OC. The van der Waals surface area contributed by atoms with Crippen LogP contribution < -0.4 is 9.47 Å². The first-order valence-corrected chi connectivity index (χ1v) is 7.90. The van der Waals surface area contributed by atoms with Crippen molar-refractivity contribution in [2.75, 3.05) is 20.3 Å². The van der Waals surface area contributed by atoms with E-state index in [-0.39, 0.29) is 12.2 Å². The summed E-state index contributed by atoms with van der Waals surface area (Å²) >= 11 is 0. The van der Waals surface area contributed by atoms with Gasteiger partial charge >= 0.3 is 17.9 Å². The molecule has 140 valence electrons. The molecule has 0 amide bonds. The Balaban J connectivity index is 2.27. The molecule has 0 radical (unpaired) electrons. The van der Waals surface area contributed by atoms with Crippen LogP contribution in [0.1, 0.15) is 26.3 Å². The number of benzene rings is 1. The molecule has 1 aromatic rings. The second kappa shape index (κ2) is 7.90. The van der Waals surface area contributed by atoms with Gasteiger partial charge in [0, 0.05) is 13.8 Å². The van der Waals surface area contributed by atoms with Gasteiger partial charge in [-0.25, -0.2) is 14.4 Å². The van der Waals surface area contributed by atoms with E-state index < -0.39 is 23.7 Å². The summed E-state index contributed by atoms with van der Waals surface area (Å²) in [5, 5.41) is 0. The Hall–Kier alpha value is -3.03. The van der Waals surface area contributed by atoms with Crippen molar-refractivity contribution in [1.82, 2.24) is 0 Å². The van der Waals surface area contributed by atoms with Crippen molar-refractivity contribution >= 4 is 24.0 Å². The number of rotatable bonds is 6. The van der Waals surface area contributed by atoms with E-state index in [1.807, 2.05) is 0 Å². The minimum atomic E-state index is -1.30. The summed E-state index contributed by atoms with van der Waals surface area (Å²) in [4.78, 5) is 35.2. The molecule has 1 aromatic carbocycles. The largest absolute Gasteiger partial charge is 0.490 e. The molecule has 0 saturated carbocycles. The van der Waals surface area contributed by atoms with Crippen molar-refractivity contribution in [3.05, 3.63) is 29.3 Å². The molecule has 1 saturated heterocycles. The zero-order chi connectivity index (χ0) is 19.3. The lowest BCUT2D eigenvalue weighted by Gasteiger charge is -2.29. The highest BCUT2D eigenvalue weighted by Crippen LogP contribution is 2.30. The summed E-state index contributed by atoms with van der Waals surface area (Å²) in [6.45, 7) is 4.81. The topological polar surface area (TPSA) is 97.4 Å². The Bertz CT molecular complexity index is 726. The van der Waals surface area contributed by atoms with Crippen molar-refractivity contribution in [3.8, 4) is 11.5 Å². The number of esters is 3. The second-order valence-electron chi connectivity index (χ2n) is 5.74. The van der Waals surface area contributed by atoms with Gasteiger partial charge in [0.2, 0.25) is 0 Å². The van der Waals surface area contributed by atoms with Gasteiger partial charge in [-0.2, -0.15) is 0 Å². The van der Waals surface area contributed by atoms with E-state index in [2.05, 4.69) is 4.74 Å². The lowest BCUT2D eigenvalue weighted by Crippen LogP contribution is -2.41. The molecular weight excluding hydrogens is 344 g/mol.